The van der Waals surface area contributed by atoms with E-state index >= 15 is 0 Å². The van der Waals surface area contributed by atoms with Crippen LogP contribution >= 0.6 is 0 Å². The van der Waals surface area contributed by atoms with Gasteiger partial charge in [-0.05, 0) is 82.3 Å². The molecular formula is C46H35NO2. The van der Waals surface area contributed by atoms with Crippen molar-refractivity contribution in [2.24, 2.45) is 0 Å². The first-order chi connectivity index (χ1) is 24.2. The fourth-order valence-electron chi connectivity index (χ4n) is 7.71. The van der Waals surface area contributed by atoms with E-state index in [1.165, 1.54) is 16.3 Å². The van der Waals surface area contributed by atoms with Crippen LogP contribution in [-0.4, -0.2) is 11.1 Å². The van der Waals surface area contributed by atoms with Crippen LogP contribution in [0.4, 0.5) is 11.4 Å². The molecule has 9 rings (SSSR count). The predicted molar refractivity (Wildman–Crippen MR) is 204 cm³/mol. The van der Waals surface area contributed by atoms with Gasteiger partial charge in [0.05, 0.1) is 17.1 Å². The topological polar surface area (TPSA) is 36.6 Å². The number of anilines is 2. The summed E-state index contributed by atoms with van der Waals surface area (Å²) in [5, 5.41) is 15.9. The van der Waals surface area contributed by atoms with E-state index in [9.17, 15) is 5.11 Å². The Morgan fingerprint density at radius 2 is 1.33 bits per heavy atom. The zero-order chi connectivity index (χ0) is 32.7. The van der Waals surface area contributed by atoms with Gasteiger partial charge in [0.15, 0.2) is 0 Å². The van der Waals surface area contributed by atoms with E-state index in [4.69, 9.17) is 4.42 Å². The summed E-state index contributed by atoms with van der Waals surface area (Å²) in [6.07, 6.45) is 6.85. The van der Waals surface area contributed by atoms with Gasteiger partial charge in [0, 0.05) is 22.6 Å². The Hall–Kier alpha value is -6.06. The maximum Gasteiger partial charge on any atom is 0.137 e. The lowest BCUT2D eigenvalue weighted by molar-refractivity contribution is 0.477. The van der Waals surface area contributed by atoms with Crippen molar-refractivity contribution in [3.05, 3.63) is 175 Å². The standard InChI is InChI=1S/C46H35NO2/c48-42-20-9-18-39(45(42)33-12-2-1-3-13-33)36-15-8-16-38(30-36)47(41-19-10-22-44-46(41)40-17-6-7-21-43(40)49-44)37-27-25-32(26-28-37)35-24-23-31-11-4-5-14-34(31)29-35/h1-25,27,29-30,32,37,48H,26,28H2. The van der Waals surface area contributed by atoms with E-state index in [1.54, 1.807) is 6.07 Å². The number of benzene rings is 7. The molecule has 0 saturated heterocycles. The number of aromatic hydroxyl groups is 1. The van der Waals surface area contributed by atoms with Gasteiger partial charge in [-0.1, -0.05) is 133 Å². The molecule has 236 valence electrons. The second kappa shape index (κ2) is 12.2. The molecule has 49 heavy (non-hydrogen) atoms. The number of fused-ring (bicyclic) bond motifs is 4. The zero-order valence-electron chi connectivity index (χ0n) is 27.0. The summed E-state index contributed by atoms with van der Waals surface area (Å²) in [6, 6.07) is 55.0. The second-order valence-electron chi connectivity index (χ2n) is 13.0. The first kappa shape index (κ1) is 29.1. The highest BCUT2D eigenvalue weighted by Crippen LogP contribution is 2.45. The molecule has 0 saturated carbocycles. The van der Waals surface area contributed by atoms with Crippen molar-refractivity contribution in [1.82, 2.24) is 0 Å². The van der Waals surface area contributed by atoms with Crippen LogP contribution in [0.3, 0.4) is 0 Å². The van der Waals surface area contributed by atoms with Crippen LogP contribution in [0.1, 0.15) is 24.3 Å². The van der Waals surface area contributed by atoms with Crippen molar-refractivity contribution in [1.29, 1.82) is 0 Å². The minimum Gasteiger partial charge on any atom is -0.507 e. The Morgan fingerprint density at radius 1 is 0.571 bits per heavy atom. The fourth-order valence-corrected chi connectivity index (χ4v) is 7.71. The van der Waals surface area contributed by atoms with Crippen LogP contribution < -0.4 is 4.90 Å². The Morgan fingerprint density at radius 3 is 2.20 bits per heavy atom. The number of furan rings is 1. The molecule has 2 atom stereocenters. The maximum absolute atomic E-state index is 11.1. The highest BCUT2D eigenvalue weighted by atomic mass is 16.3. The lowest BCUT2D eigenvalue weighted by Crippen LogP contribution is -2.31. The summed E-state index contributed by atoms with van der Waals surface area (Å²) < 4.78 is 6.37. The Labute approximate surface area is 286 Å². The third-order valence-corrected chi connectivity index (χ3v) is 10.1. The van der Waals surface area contributed by atoms with Crippen molar-refractivity contribution in [3.63, 3.8) is 0 Å². The third kappa shape index (κ3) is 5.25. The van der Waals surface area contributed by atoms with Gasteiger partial charge >= 0.3 is 0 Å². The third-order valence-electron chi connectivity index (χ3n) is 10.1. The number of allylic oxidation sites excluding steroid dienone is 1. The monoisotopic (exact) mass is 633 g/mol. The first-order valence-corrected chi connectivity index (χ1v) is 17.1. The summed E-state index contributed by atoms with van der Waals surface area (Å²) in [7, 11) is 0. The highest BCUT2D eigenvalue weighted by Gasteiger charge is 2.27. The second-order valence-corrected chi connectivity index (χ2v) is 13.0. The van der Waals surface area contributed by atoms with Crippen molar-refractivity contribution >= 4 is 44.1 Å². The summed E-state index contributed by atoms with van der Waals surface area (Å²) in [6.45, 7) is 0. The zero-order valence-corrected chi connectivity index (χ0v) is 27.0. The van der Waals surface area contributed by atoms with Crippen LogP contribution in [0.2, 0.25) is 0 Å². The van der Waals surface area contributed by atoms with Gasteiger partial charge in [0.25, 0.3) is 0 Å². The first-order valence-electron chi connectivity index (χ1n) is 17.1. The summed E-state index contributed by atoms with van der Waals surface area (Å²) in [5.74, 6) is 0.635. The molecule has 1 aromatic heterocycles. The molecule has 0 bridgehead atoms. The molecule has 0 aliphatic heterocycles. The molecule has 0 amide bonds. The molecule has 2 unspecified atom stereocenters. The smallest absolute Gasteiger partial charge is 0.137 e. The van der Waals surface area contributed by atoms with Crippen LogP contribution in [-0.2, 0) is 0 Å². The molecular weight excluding hydrogens is 599 g/mol. The number of phenolic OH excluding ortho intramolecular Hbond substituents is 1. The van der Waals surface area contributed by atoms with Gasteiger partial charge in [0.2, 0.25) is 0 Å². The van der Waals surface area contributed by atoms with Crippen LogP contribution in [0.25, 0.3) is 55.0 Å². The number of hydrogen-bond donors (Lipinski definition) is 1. The van der Waals surface area contributed by atoms with Crippen LogP contribution in [0, 0.1) is 0 Å². The normalized spacial score (nSPS) is 16.0. The van der Waals surface area contributed by atoms with Crippen LogP contribution in [0.15, 0.2) is 174 Å². The molecule has 7 aromatic carbocycles. The van der Waals surface area contributed by atoms with Gasteiger partial charge in [-0.25, -0.2) is 0 Å². The number of para-hydroxylation sites is 1. The van der Waals surface area contributed by atoms with E-state index in [2.05, 4.69) is 132 Å². The number of nitrogens with zero attached hydrogens (tertiary/aromatic N) is 1. The fraction of sp³-hybridized carbons (Fsp3) is 0.0870. The molecule has 1 aliphatic carbocycles. The average Bonchev–Trinajstić information content (AvgIpc) is 3.55. The predicted octanol–water partition coefficient (Wildman–Crippen LogP) is 12.4. The highest BCUT2D eigenvalue weighted by molar-refractivity contribution is 6.12. The Kier molecular flexibility index (Phi) is 7.24. The summed E-state index contributed by atoms with van der Waals surface area (Å²) in [4.78, 5) is 2.49. The molecule has 0 radical (unpaired) electrons. The lowest BCUT2D eigenvalue weighted by atomic mass is 9.85. The Bertz CT molecular complexity index is 2490. The molecule has 0 fully saturated rings. The van der Waals surface area contributed by atoms with Crippen molar-refractivity contribution in [2.45, 2.75) is 24.8 Å². The number of hydrogen-bond acceptors (Lipinski definition) is 3. The van der Waals surface area contributed by atoms with E-state index in [0.717, 1.165) is 68.4 Å². The molecule has 3 heteroatoms. The number of rotatable bonds is 6. The molecule has 1 heterocycles. The van der Waals surface area contributed by atoms with Gasteiger partial charge < -0.3 is 14.4 Å². The largest absolute Gasteiger partial charge is 0.507 e. The van der Waals surface area contributed by atoms with Gasteiger partial charge in [0.1, 0.15) is 16.9 Å². The summed E-state index contributed by atoms with van der Waals surface area (Å²) in [5.41, 5.74) is 9.23. The van der Waals surface area contributed by atoms with Crippen LogP contribution in [0.5, 0.6) is 5.75 Å². The van der Waals surface area contributed by atoms with Gasteiger partial charge in [-0.3, -0.25) is 0 Å². The van der Waals surface area contributed by atoms with E-state index in [-0.39, 0.29) is 11.8 Å². The minimum absolute atomic E-state index is 0.129. The average molecular weight is 634 g/mol. The molecule has 3 nitrogen and oxygen atoms in total. The SMILES string of the molecule is Oc1cccc(-c2cccc(N(c3cccc4oc5ccccc5c34)C3C=CC(c4ccc5ccccc5c4)CC3)c2)c1-c1ccccc1. The maximum atomic E-state index is 11.1. The minimum atomic E-state index is 0.129. The van der Waals surface area contributed by atoms with E-state index in [1.807, 2.05) is 36.4 Å². The lowest BCUT2D eigenvalue weighted by Gasteiger charge is -2.36. The van der Waals surface area contributed by atoms with Gasteiger partial charge in [-0.2, -0.15) is 0 Å². The van der Waals surface area contributed by atoms with Crippen molar-refractivity contribution in [2.75, 3.05) is 4.90 Å². The van der Waals surface area contributed by atoms with E-state index in [0.29, 0.717) is 5.92 Å². The quantitative estimate of drug-likeness (QED) is 0.185. The molecule has 0 spiro atoms. The number of phenols is 1. The molecule has 8 aromatic rings. The molecule has 1 aliphatic rings. The van der Waals surface area contributed by atoms with Crippen molar-refractivity contribution < 1.29 is 9.52 Å². The molecule has 1 N–H and O–H groups in total. The Balaban J connectivity index is 1.18. The summed E-state index contributed by atoms with van der Waals surface area (Å²) >= 11 is 0. The van der Waals surface area contributed by atoms with Crippen molar-refractivity contribution in [3.8, 4) is 28.0 Å². The van der Waals surface area contributed by atoms with E-state index < -0.39 is 0 Å². The van der Waals surface area contributed by atoms with Gasteiger partial charge in [-0.15, -0.1) is 0 Å².